The summed E-state index contributed by atoms with van der Waals surface area (Å²) in [5, 5.41) is 0.615. The van der Waals surface area contributed by atoms with Gasteiger partial charge in [-0.2, -0.15) is 0 Å². The van der Waals surface area contributed by atoms with Crippen LogP contribution in [0.3, 0.4) is 0 Å². The number of nitrogens with one attached hydrogen (secondary N) is 1. The number of rotatable bonds is 5. The Morgan fingerprint density at radius 2 is 1.87 bits per heavy atom. The van der Waals surface area contributed by atoms with Crippen LogP contribution < -0.4 is 14.4 Å². The minimum absolute atomic E-state index is 0.148. The minimum atomic E-state index is -1.48. The van der Waals surface area contributed by atoms with Crippen molar-refractivity contribution in [2.24, 2.45) is 17.8 Å². The van der Waals surface area contributed by atoms with E-state index in [0.29, 0.717) is 24.0 Å². The fourth-order valence-corrected chi connectivity index (χ4v) is 8.89. The molecule has 7 unspecified atom stereocenters. The summed E-state index contributed by atoms with van der Waals surface area (Å²) in [7, 11) is 0.409. The van der Waals surface area contributed by atoms with E-state index in [9.17, 15) is 9.00 Å². The highest BCUT2D eigenvalue weighted by Crippen LogP contribution is 2.49. The van der Waals surface area contributed by atoms with E-state index < -0.39 is 11.0 Å². The highest BCUT2D eigenvalue weighted by molar-refractivity contribution is 7.84. The first-order valence-electron chi connectivity index (χ1n) is 17.3. The van der Waals surface area contributed by atoms with Crippen molar-refractivity contribution in [2.75, 3.05) is 31.7 Å². The maximum atomic E-state index is 13.4. The van der Waals surface area contributed by atoms with E-state index in [0.717, 1.165) is 68.1 Å². The molecule has 45 heavy (non-hydrogen) atoms. The van der Waals surface area contributed by atoms with Gasteiger partial charge in [-0.15, -0.1) is 0 Å². The van der Waals surface area contributed by atoms with Crippen molar-refractivity contribution in [1.29, 1.82) is 0 Å². The van der Waals surface area contributed by atoms with Crippen molar-refractivity contribution in [2.45, 2.75) is 110 Å². The second kappa shape index (κ2) is 16.1. The number of hydrogen-bond donors (Lipinski definition) is 1. The van der Waals surface area contributed by atoms with Gasteiger partial charge in [0.2, 0.25) is 0 Å². The molecule has 1 fully saturated rings. The average Bonchev–Trinajstić information content (AvgIpc) is 3.21. The third-order valence-corrected chi connectivity index (χ3v) is 12.4. The number of benzene rings is 2. The van der Waals surface area contributed by atoms with E-state index in [4.69, 9.17) is 21.1 Å². The summed E-state index contributed by atoms with van der Waals surface area (Å²) < 4.78 is 29.0. The van der Waals surface area contributed by atoms with Gasteiger partial charge in [0, 0.05) is 36.7 Å². The Bertz CT molecular complexity index is 1320. The summed E-state index contributed by atoms with van der Waals surface area (Å²) in [4.78, 5) is 15.8. The number of hydrogen-bond acceptors (Lipinski definition) is 5. The molecule has 1 aliphatic carbocycles. The zero-order chi connectivity index (χ0) is 32.7. The lowest BCUT2D eigenvalue weighted by atomic mass is 9.62. The maximum absolute atomic E-state index is 13.4. The molecule has 1 amide bonds. The normalized spacial score (nSPS) is 30.4. The molecule has 250 valence electrons. The van der Waals surface area contributed by atoms with Crippen molar-refractivity contribution >= 4 is 34.2 Å². The second-order valence-corrected chi connectivity index (χ2v) is 15.0. The van der Waals surface area contributed by atoms with Crippen LogP contribution in [0.1, 0.15) is 114 Å². The zero-order valence-electron chi connectivity index (χ0n) is 28.5. The fraction of sp³-hybridized carbons (Fsp3) is 0.649. The van der Waals surface area contributed by atoms with Crippen LogP contribution in [0.25, 0.3) is 0 Å². The number of fused-ring (bicyclic) bond motifs is 2. The second-order valence-electron chi connectivity index (χ2n) is 13.1. The monoisotopic (exact) mass is 658 g/mol. The lowest BCUT2D eigenvalue weighted by Gasteiger charge is -2.51. The van der Waals surface area contributed by atoms with Crippen LogP contribution in [-0.4, -0.2) is 47.8 Å². The third-order valence-electron chi connectivity index (χ3n) is 10.7. The number of amides is 1. The first kappa shape index (κ1) is 35.8. The maximum Gasteiger partial charge on any atom is 0.263 e. The molecular formula is C37H55ClN2O4S. The Hall–Kier alpha value is -2.09. The van der Waals surface area contributed by atoms with E-state index >= 15 is 0 Å². The minimum Gasteiger partial charge on any atom is -0.491 e. The van der Waals surface area contributed by atoms with Crippen LogP contribution in [0, 0.1) is 17.8 Å². The molecular weight excluding hydrogens is 604 g/mol. The van der Waals surface area contributed by atoms with Gasteiger partial charge < -0.3 is 14.4 Å². The summed E-state index contributed by atoms with van der Waals surface area (Å²) >= 11 is 6.43. The summed E-state index contributed by atoms with van der Waals surface area (Å²) in [6.45, 7) is 14.8. The smallest absolute Gasteiger partial charge is 0.263 e. The quantitative estimate of drug-likeness (QED) is 0.348. The molecule has 0 saturated heterocycles. The lowest BCUT2D eigenvalue weighted by Crippen LogP contribution is -2.52. The van der Waals surface area contributed by atoms with Crippen LogP contribution in [0.2, 0.25) is 5.02 Å². The van der Waals surface area contributed by atoms with Gasteiger partial charge in [-0.25, -0.2) is 4.21 Å². The van der Waals surface area contributed by atoms with Gasteiger partial charge in [-0.1, -0.05) is 65.1 Å². The fourth-order valence-electron chi connectivity index (χ4n) is 7.65. The number of carbonyl (C=O) groups excluding carboxylic acids is 1. The molecule has 0 aromatic heterocycles. The molecule has 2 bridgehead atoms. The average molecular weight is 659 g/mol. The lowest BCUT2D eigenvalue weighted by molar-refractivity contribution is -0.118. The van der Waals surface area contributed by atoms with Crippen molar-refractivity contribution in [3.8, 4) is 5.75 Å². The van der Waals surface area contributed by atoms with Gasteiger partial charge in [0.05, 0.1) is 23.1 Å². The van der Waals surface area contributed by atoms with Crippen molar-refractivity contribution in [3.63, 3.8) is 0 Å². The van der Waals surface area contributed by atoms with Gasteiger partial charge in [0.25, 0.3) is 5.91 Å². The number of ether oxygens (including phenoxy) is 2. The van der Waals surface area contributed by atoms with Gasteiger partial charge in [0.1, 0.15) is 16.7 Å². The van der Waals surface area contributed by atoms with Gasteiger partial charge in [-0.3, -0.25) is 9.52 Å². The Morgan fingerprint density at radius 3 is 2.53 bits per heavy atom. The van der Waals surface area contributed by atoms with Crippen LogP contribution in [0.4, 0.5) is 5.69 Å². The molecule has 2 aromatic carbocycles. The van der Waals surface area contributed by atoms with E-state index in [2.05, 4.69) is 42.5 Å². The molecule has 6 nitrogen and oxygen atoms in total. The van der Waals surface area contributed by atoms with Crippen LogP contribution in [-0.2, 0) is 22.1 Å². The highest BCUT2D eigenvalue weighted by Gasteiger charge is 2.47. The molecule has 0 radical (unpaired) electrons. The molecule has 8 heteroatoms. The van der Waals surface area contributed by atoms with Crippen LogP contribution in [0.5, 0.6) is 5.75 Å². The predicted molar refractivity (Wildman–Crippen MR) is 188 cm³/mol. The molecule has 2 aromatic rings. The summed E-state index contributed by atoms with van der Waals surface area (Å²) in [6, 6.07) is 11.9. The molecule has 2 aliphatic heterocycles. The molecule has 3 aliphatic rings. The summed E-state index contributed by atoms with van der Waals surface area (Å²) in [5.74, 6) is 1.82. The number of aryl methyl sites for hydroxylation is 1. The first-order valence-corrected chi connectivity index (χ1v) is 18.9. The third kappa shape index (κ3) is 7.90. The van der Waals surface area contributed by atoms with E-state index in [1.54, 1.807) is 6.07 Å². The van der Waals surface area contributed by atoms with E-state index in [1.807, 2.05) is 46.1 Å². The van der Waals surface area contributed by atoms with Gasteiger partial charge in [-0.05, 0) is 105 Å². The Labute approximate surface area is 279 Å². The van der Waals surface area contributed by atoms with Crippen LogP contribution in [0.15, 0.2) is 36.4 Å². The molecule has 2 heterocycles. The van der Waals surface area contributed by atoms with Crippen molar-refractivity contribution in [1.82, 2.24) is 4.72 Å². The van der Waals surface area contributed by atoms with E-state index in [1.165, 1.54) is 24.0 Å². The van der Waals surface area contributed by atoms with Gasteiger partial charge >= 0.3 is 0 Å². The Kier molecular flexibility index (Phi) is 12.8. The summed E-state index contributed by atoms with van der Waals surface area (Å²) in [6.07, 6.45) is 8.29. The SMILES string of the molecule is CC.CCCc1cc(Cl)ccc1C1COc2ccc3cc2N(C1)CC1CCC1C(CC)(OC)CCCC(C)C(C)S(=O)NC3=O. The Balaban J connectivity index is 0.00000226. The largest absolute Gasteiger partial charge is 0.491 e. The summed E-state index contributed by atoms with van der Waals surface area (Å²) in [5.41, 5.74) is 3.85. The van der Waals surface area contributed by atoms with E-state index in [-0.39, 0.29) is 28.6 Å². The molecule has 1 N–H and O–H groups in total. The highest BCUT2D eigenvalue weighted by atomic mass is 35.5. The number of methoxy groups -OCH3 is 1. The number of halogens is 1. The molecule has 1 saturated carbocycles. The topological polar surface area (TPSA) is 67.9 Å². The zero-order valence-corrected chi connectivity index (χ0v) is 30.1. The first-order chi connectivity index (χ1) is 21.7. The van der Waals surface area contributed by atoms with Crippen molar-refractivity contribution in [3.05, 3.63) is 58.1 Å². The predicted octanol–water partition coefficient (Wildman–Crippen LogP) is 8.72. The number of carbonyl (C=O) groups is 1. The molecule has 5 rings (SSSR count). The van der Waals surface area contributed by atoms with Gasteiger partial charge in [0.15, 0.2) is 0 Å². The number of nitrogens with zero attached hydrogens (tertiary/aromatic N) is 1. The standard InChI is InChI=1S/C35H49ClN2O4S.C2H6/c1-6-9-25-18-29(36)13-14-30(25)28-21-38-20-27-11-15-31(27)35(7-2,41-5)17-8-10-23(3)24(4)43(40)37-34(39)26-12-16-33(42-22-28)32(38)19-26;1-2/h12-14,16,18-19,23-24,27-28,31H,6-11,15,17,20-22H2,1-5H3,(H,37,39);1-2H3. The van der Waals surface area contributed by atoms with Crippen molar-refractivity contribution < 1.29 is 18.5 Å². The molecule has 0 spiro atoms. The molecule has 7 atom stereocenters. The Morgan fingerprint density at radius 1 is 1.09 bits per heavy atom. The number of anilines is 1. The van der Waals surface area contributed by atoms with Crippen LogP contribution >= 0.6 is 11.6 Å².